The average molecular weight is 265 g/mol. The molecule has 18 heavy (non-hydrogen) atoms. The molecule has 0 unspecified atom stereocenters. The monoisotopic (exact) mass is 264 g/mol. The van der Waals surface area contributed by atoms with Gasteiger partial charge in [-0.15, -0.1) is 0 Å². The third-order valence-corrected chi connectivity index (χ3v) is 3.09. The molecule has 1 aromatic carbocycles. The average Bonchev–Trinajstić information content (AvgIpc) is 2.72. The van der Waals surface area contributed by atoms with Gasteiger partial charge < -0.3 is 15.6 Å². The van der Waals surface area contributed by atoms with Gasteiger partial charge in [-0.05, 0) is 30.8 Å². The molecule has 0 aliphatic carbocycles. The lowest BCUT2D eigenvalue weighted by molar-refractivity contribution is 0.936. The van der Waals surface area contributed by atoms with E-state index < -0.39 is 0 Å². The van der Waals surface area contributed by atoms with E-state index in [4.69, 9.17) is 17.3 Å². The molecule has 0 bridgehead atoms. The molecule has 1 heterocycles. The summed E-state index contributed by atoms with van der Waals surface area (Å²) in [7, 11) is 4.02. The molecule has 0 saturated carbocycles. The highest BCUT2D eigenvalue weighted by Crippen LogP contribution is 2.23. The van der Waals surface area contributed by atoms with Gasteiger partial charge in [0.15, 0.2) is 5.15 Å². The second-order valence-electron chi connectivity index (χ2n) is 4.33. The molecule has 0 atom stereocenters. The van der Waals surface area contributed by atoms with Crippen LogP contribution in [0.2, 0.25) is 5.15 Å². The summed E-state index contributed by atoms with van der Waals surface area (Å²) in [6, 6.07) is 8.15. The number of H-pyrrole nitrogens is 1. The Morgan fingerprint density at radius 3 is 2.50 bits per heavy atom. The predicted octanol–water partition coefficient (Wildman–Crippen LogP) is 2.30. The molecule has 3 N–H and O–H groups in total. The Bertz CT molecular complexity index is 516. The van der Waals surface area contributed by atoms with Crippen LogP contribution in [-0.2, 0) is 6.42 Å². The van der Waals surface area contributed by atoms with Gasteiger partial charge in [0, 0.05) is 31.8 Å². The molecule has 0 fully saturated rings. The smallest absolute Gasteiger partial charge is 0.150 e. The van der Waals surface area contributed by atoms with Crippen molar-refractivity contribution < 1.29 is 0 Å². The number of nitrogens with zero attached hydrogens (tertiary/aromatic N) is 2. The lowest BCUT2D eigenvalue weighted by Crippen LogP contribution is -2.07. The Hall–Kier alpha value is -1.52. The summed E-state index contributed by atoms with van der Waals surface area (Å²) in [5, 5.41) is 0.507. The third-order valence-electron chi connectivity index (χ3n) is 2.78. The molecular weight excluding hydrogens is 248 g/mol. The first-order valence-corrected chi connectivity index (χ1v) is 6.22. The fourth-order valence-corrected chi connectivity index (χ4v) is 1.98. The van der Waals surface area contributed by atoms with Gasteiger partial charge in [-0.25, -0.2) is 4.98 Å². The third kappa shape index (κ3) is 2.66. The highest BCUT2D eigenvalue weighted by Gasteiger charge is 2.09. The maximum absolute atomic E-state index is 6.05. The van der Waals surface area contributed by atoms with Crippen molar-refractivity contribution in [1.82, 2.24) is 9.97 Å². The van der Waals surface area contributed by atoms with Gasteiger partial charge in [0.25, 0.3) is 0 Å². The van der Waals surface area contributed by atoms with E-state index in [1.54, 1.807) is 0 Å². The van der Waals surface area contributed by atoms with Gasteiger partial charge in [0.2, 0.25) is 0 Å². The van der Waals surface area contributed by atoms with Crippen LogP contribution in [0.15, 0.2) is 24.3 Å². The Kier molecular flexibility index (Phi) is 3.89. The minimum Gasteiger partial charge on any atom is -0.378 e. The lowest BCUT2D eigenvalue weighted by Gasteiger charge is -2.12. The van der Waals surface area contributed by atoms with E-state index in [-0.39, 0.29) is 0 Å². The van der Waals surface area contributed by atoms with Crippen LogP contribution < -0.4 is 10.6 Å². The van der Waals surface area contributed by atoms with Gasteiger partial charge in [-0.1, -0.05) is 11.6 Å². The van der Waals surface area contributed by atoms with Crippen LogP contribution in [0.25, 0.3) is 11.4 Å². The zero-order chi connectivity index (χ0) is 13.1. The fourth-order valence-electron chi connectivity index (χ4n) is 1.75. The van der Waals surface area contributed by atoms with Crippen molar-refractivity contribution in [3.8, 4) is 11.4 Å². The normalized spacial score (nSPS) is 10.7. The zero-order valence-corrected chi connectivity index (χ0v) is 11.3. The van der Waals surface area contributed by atoms with Crippen LogP contribution >= 0.6 is 11.6 Å². The van der Waals surface area contributed by atoms with Crippen LogP contribution in [0.5, 0.6) is 0 Å². The predicted molar refractivity (Wildman–Crippen MR) is 76.1 cm³/mol. The number of aromatic nitrogens is 2. The van der Waals surface area contributed by atoms with Crippen LogP contribution in [0, 0.1) is 0 Å². The lowest BCUT2D eigenvalue weighted by atomic mass is 10.2. The standard InChI is InChI=1S/C13H17ClN4/c1-18(2)10-5-3-9(4-6-10)13-16-11(7-8-15)12(14)17-13/h3-6H,7-8,15H2,1-2H3,(H,16,17). The molecule has 2 rings (SSSR count). The van der Waals surface area contributed by atoms with E-state index >= 15 is 0 Å². The number of imidazole rings is 1. The topological polar surface area (TPSA) is 57.9 Å². The van der Waals surface area contributed by atoms with Gasteiger partial charge in [0.1, 0.15) is 5.82 Å². The van der Waals surface area contributed by atoms with Crippen molar-refractivity contribution in [3.05, 3.63) is 35.1 Å². The number of nitrogens with one attached hydrogen (secondary N) is 1. The molecule has 0 aliphatic rings. The molecule has 0 radical (unpaired) electrons. The molecule has 0 aliphatic heterocycles. The molecular formula is C13H17ClN4. The molecule has 96 valence electrons. The molecule has 1 aromatic heterocycles. The number of nitrogens with two attached hydrogens (primary N) is 1. The summed E-state index contributed by atoms with van der Waals surface area (Å²) in [5.41, 5.74) is 8.58. The van der Waals surface area contributed by atoms with Gasteiger partial charge >= 0.3 is 0 Å². The second kappa shape index (κ2) is 5.42. The number of hydrogen-bond acceptors (Lipinski definition) is 3. The second-order valence-corrected chi connectivity index (χ2v) is 4.69. The number of anilines is 1. The van der Waals surface area contributed by atoms with Crippen LogP contribution in [0.1, 0.15) is 5.69 Å². The summed E-state index contributed by atoms with van der Waals surface area (Å²) in [6.45, 7) is 0.556. The van der Waals surface area contributed by atoms with Crippen molar-refractivity contribution in [3.63, 3.8) is 0 Å². The van der Waals surface area contributed by atoms with E-state index in [0.717, 1.165) is 22.8 Å². The zero-order valence-electron chi connectivity index (χ0n) is 10.6. The molecule has 0 saturated heterocycles. The minimum atomic E-state index is 0.507. The largest absolute Gasteiger partial charge is 0.378 e. The Morgan fingerprint density at radius 1 is 1.28 bits per heavy atom. The summed E-state index contributed by atoms with van der Waals surface area (Å²) >= 11 is 6.05. The van der Waals surface area contributed by atoms with Crippen molar-refractivity contribution >= 4 is 17.3 Å². The maximum Gasteiger partial charge on any atom is 0.150 e. The molecule has 0 amide bonds. The molecule has 2 aromatic rings. The first kappa shape index (κ1) is 12.9. The van der Waals surface area contributed by atoms with Gasteiger partial charge in [-0.2, -0.15) is 0 Å². The number of halogens is 1. The van der Waals surface area contributed by atoms with E-state index in [1.165, 1.54) is 0 Å². The number of benzene rings is 1. The van der Waals surface area contributed by atoms with Gasteiger partial charge in [-0.3, -0.25) is 0 Å². The van der Waals surface area contributed by atoms with Gasteiger partial charge in [0.05, 0.1) is 5.69 Å². The number of hydrogen-bond donors (Lipinski definition) is 2. The SMILES string of the molecule is CN(C)c1ccc(-c2nc(Cl)c(CCN)[nH]2)cc1. The molecule has 5 heteroatoms. The van der Waals surface area contributed by atoms with Crippen LogP contribution in [0.3, 0.4) is 0 Å². The Morgan fingerprint density at radius 2 is 1.94 bits per heavy atom. The first-order chi connectivity index (χ1) is 8.61. The summed E-state index contributed by atoms with van der Waals surface area (Å²) in [5.74, 6) is 0.786. The number of rotatable bonds is 4. The molecule has 0 spiro atoms. The van der Waals surface area contributed by atoms with Crippen molar-refractivity contribution in [2.45, 2.75) is 6.42 Å². The fraction of sp³-hybridized carbons (Fsp3) is 0.308. The van der Waals surface area contributed by atoms with E-state index in [9.17, 15) is 0 Å². The highest BCUT2D eigenvalue weighted by molar-refractivity contribution is 6.30. The highest BCUT2D eigenvalue weighted by atomic mass is 35.5. The van der Waals surface area contributed by atoms with Crippen LogP contribution in [-0.4, -0.2) is 30.6 Å². The quantitative estimate of drug-likeness (QED) is 0.891. The summed E-state index contributed by atoms with van der Waals surface area (Å²) in [4.78, 5) is 9.58. The van der Waals surface area contributed by atoms with E-state index in [1.807, 2.05) is 38.4 Å². The Labute approximate surface area is 112 Å². The maximum atomic E-state index is 6.05. The van der Waals surface area contributed by atoms with E-state index in [2.05, 4.69) is 14.9 Å². The summed E-state index contributed by atoms with van der Waals surface area (Å²) in [6.07, 6.45) is 0.710. The minimum absolute atomic E-state index is 0.507. The molecule has 4 nitrogen and oxygen atoms in total. The van der Waals surface area contributed by atoms with E-state index in [0.29, 0.717) is 18.1 Å². The first-order valence-electron chi connectivity index (χ1n) is 5.84. The number of aromatic amines is 1. The van der Waals surface area contributed by atoms with Crippen molar-refractivity contribution in [1.29, 1.82) is 0 Å². The summed E-state index contributed by atoms with van der Waals surface area (Å²) < 4.78 is 0. The Balaban J connectivity index is 2.28. The van der Waals surface area contributed by atoms with Crippen molar-refractivity contribution in [2.75, 3.05) is 25.5 Å². The van der Waals surface area contributed by atoms with Crippen molar-refractivity contribution in [2.24, 2.45) is 5.73 Å². The van der Waals surface area contributed by atoms with Crippen LogP contribution in [0.4, 0.5) is 5.69 Å².